The van der Waals surface area contributed by atoms with E-state index in [1.165, 1.54) is 0 Å². The van der Waals surface area contributed by atoms with E-state index in [1.807, 2.05) is 17.5 Å². The molecule has 4 rings (SSSR count). The molecule has 1 saturated carbocycles. The predicted molar refractivity (Wildman–Crippen MR) is 108 cm³/mol. The van der Waals surface area contributed by atoms with Gasteiger partial charge in [0.25, 0.3) is 5.91 Å². The van der Waals surface area contributed by atoms with Gasteiger partial charge in [-0.15, -0.1) is 11.3 Å². The predicted octanol–water partition coefficient (Wildman–Crippen LogP) is 2.71. The molecular weight excluding hydrogens is 390 g/mol. The second kappa shape index (κ2) is 7.51. The molecule has 29 heavy (non-hydrogen) atoms. The molecule has 1 unspecified atom stereocenters. The SMILES string of the molecule is COc1ccc(C2(C)NC(=O)N(CC(=O)N(Cc3cccs3)C3CC3)C2=O)cc1. The van der Waals surface area contributed by atoms with Crippen LogP contribution in [0.15, 0.2) is 41.8 Å². The van der Waals surface area contributed by atoms with E-state index in [0.717, 1.165) is 22.6 Å². The summed E-state index contributed by atoms with van der Waals surface area (Å²) < 4.78 is 5.15. The van der Waals surface area contributed by atoms with Crippen LogP contribution in [0.25, 0.3) is 0 Å². The van der Waals surface area contributed by atoms with Crippen molar-refractivity contribution in [1.29, 1.82) is 0 Å². The molecule has 2 heterocycles. The van der Waals surface area contributed by atoms with Gasteiger partial charge in [-0.25, -0.2) is 4.79 Å². The fourth-order valence-electron chi connectivity index (χ4n) is 3.56. The average Bonchev–Trinajstić information content (AvgIpc) is 3.38. The van der Waals surface area contributed by atoms with Crippen LogP contribution in [0.4, 0.5) is 4.79 Å². The topological polar surface area (TPSA) is 79.0 Å². The van der Waals surface area contributed by atoms with Crippen LogP contribution in [0.2, 0.25) is 0 Å². The lowest BCUT2D eigenvalue weighted by Crippen LogP contribution is -2.45. The minimum Gasteiger partial charge on any atom is -0.497 e. The van der Waals surface area contributed by atoms with E-state index in [2.05, 4.69) is 5.32 Å². The summed E-state index contributed by atoms with van der Waals surface area (Å²) in [6, 6.07) is 10.6. The lowest BCUT2D eigenvalue weighted by Gasteiger charge is -2.25. The van der Waals surface area contributed by atoms with E-state index in [4.69, 9.17) is 4.74 Å². The molecule has 1 aliphatic heterocycles. The van der Waals surface area contributed by atoms with Gasteiger partial charge in [0.05, 0.1) is 13.7 Å². The lowest BCUT2D eigenvalue weighted by molar-refractivity contribution is -0.139. The highest BCUT2D eigenvalue weighted by Crippen LogP contribution is 2.32. The van der Waals surface area contributed by atoms with Crippen molar-refractivity contribution in [2.24, 2.45) is 0 Å². The average molecular weight is 413 g/mol. The molecule has 152 valence electrons. The van der Waals surface area contributed by atoms with Crippen molar-refractivity contribution in [2.45, 2.75) is 37.9 Å². The normalized spacial score (nSPS) is 21.2. The zero-order valence-corrected chi connectivity index (χ0v) is 17.2. The van der Waals surface area contributed by atoms with Crippen molar-refractivity contribution in [2.75, 3.05) is 13.7 Å². The molecule has 7 nitrogen and oxygen atoms in total. The van der Waals surface area contributed by atoms with Crippen LogP contribution < -0.4 is 10.1 Å². The van der Waals surface area contributed by atoms with Crippen LogP contribution in [0.5, 0.6) is 5.75 Å². The van der Waals surface area contributed by atoms with E-state index < -0.39 is 17.5 Å². The minimum absolute atomic E-state index is 0.193. The number of carbonyl (C=O) groups excluding carboxylic acids is 3. The Balaban J connectivity index is 1.50. The number of carbonyl (C=O) groups is 3. The van der Waals surface area contributed by atoms with Crippen LogP contribution >= 0.6 is 11.3 Å². The van der Waals surface area contributed by atoms with Gasteiger partial charge in [0.1, 0.15) is 17.8 Å². The molecule has 2 fully saturated rings. The van der Waals surface area contributed by atoms with Crippen molar-refractivity contribution >= 4 is 29.2 Å². The third-order valence-electron chi connectivity index (χ3n) is 5.45. The summed E-state index contributed by atoms with van der Waals surface area (Å²) >= 11 is 1.59. The first-order valence-electron chi connectivity index (χ1n) is 9.53. The highest BCUT2D eigenvalue weighted by Gasteiger charge is 2.50. The largest absolute Gasteiger partial charge is 0.497 e. The fraction of sp³-hybridized carbons (Fsp3) is 0.381. The number of imide groups is 1. The molecule has 8 heteroatoms. The number of urea groups is 1. The fourth-order valence-corrected chi connectivity index (χ4v) is 4.27. The molecule has 1 aromatic carbocycles. The number of rotatable bonds is 7. The summed E-state index contributed by atoms with van der Waals surface area (Å²) in [5.41, 5.74) is -0.564. The maximum absolute atomic E-state index is 13.1. The molecule has 1 aliphatic carbocycles. The summed E-state index contributed by atoms with van der Waals surface area (Å²) in [5, 5.41) is 4.72. The van der Waals surface area contributed by atoms with Gasteiger partial charge in [0, 0.05) is 10.9 Å². The zero-order valence-electron chi connectivity index (χ0n) is 16.4. The molecule has 1 saturated heterocycles. The van der Waals surface area contributed by atoms with E-state index >= 15 is 0 Å². The number of amides is 4. The molecule has 1 atom stereocenters. The summed E-state index contributed by atoms with van der Waals surface area (Å²) in [4.78, 5) is 42.5. The van der Waals surface area contributed by atoms with Crippen molar-refractivity contribution in [3.8, 4) is 5.75 Å². The third-order valence-corrected chi connectivity index (χ3v) is 6.31. The highest BCUT2D eigenvalue weighted by molar-refractivity contribution is 7.09. The Morgan fingerprint density at radius 1 is 1.28 bits per heavy atom. The molecule has 0 bridgehead atoms. The summed E-state index contributed by atoms with van der Waals surface area (Å²) in [6.07, 6.45) is 1.92. The van der Waals surface area contributed by atoms with E-state index in [1.54, 1.807) is 54.5 Å². The van der Waals surface area contributed by atoms with Gasteiger partial charge >= 0.3 is 6.03 Å². The number of ether oxygens (including phenoxy) is 1. The van der Waals surface area contributed by atoms with Gasteiger partial charge in [-0.2, -0.15) is 0 Å². The number of hydrogen-bond donors (Lipinski definition) is 1. The Hall–Kier alpha value is -2.87. The van der Waals surface area contributed by atoms with Gasteiger partial charge in [-0.3, -0.25) is 14.5 Å². The summed E-state index contributed by atoms with van der Waals surface area (Å²) in [7, 11) is 1.56. The second-order valence-electron chi connectivity index (χ2n) is 7.51. The lowest BCUT2D eigenvalue weighted by atomic mass is 9.92. The smallest absolute Gasteiger partial charge is 0.325 e. The first-order chi connectivity index (χ1) is 13.9. The molecule has 2 aliphatic rings. The Morgan fingerprint density at radius 3 is 2.59 bits per heavy atom. The minimum atomic E-state index is -1.21. The second-order valence-corrected chi connectivity index (χ2v) is 8.54. The molecule has 1 N–H and O–H groups in total. The monoisotopic (exact) mass is 413 g/mol. The molecular formula is C21H23N3O4S. The molecule has 4 amide bonds. The number of methoxy groups -OCH3 is 1. The van der Waals surface area contributed by atoms with Gasteiger partial charge in [-0.05, 0) is 48.9 Å². The van der Waals surface area contributed by atoms with Crippen LogP contribution in [-0.2, 0) is 21.7 Å². The summed E-state index contributed by atoms with van der Waals surface area (Å²) in [6.45, 7) is 1.92. The standard InChI is InChI=1S/C21H23N3O4S/c1-21(14-5-9-16(28-2)10-6-14)19(26)24(20(27)22-21)13-18(25)23(15-7-8-15)12-17-4-3-11-29-17/h3-6,9-11,15H,7-8,12-13H2,1-2H3,(H,22,27). The van der Waals surface area contributed by atoms with Gasteiger partial charge in [0.15, 0.2) is 0 Å². The van der Waals surface area contributed by atoms with Gasteiger partial charge < -0.3 is 15.0 Å². The molecule has 1 aromatic heterocycles. The van der Waals surface area contributed by atoms with E-state index in [0.29, 0.717) is 17.9 Å². The third kappa shape index (κ3) is 3.72. The first-order valence-corrected chi connectivity index (χ1v) is 10.4. The van der Waals surface area contributed by atoms with Crippen LogP contribution in [0.1, 0.15) is 30.2 Å². The van der Waals surface area contributed by atoms with Crippen molar-refractivity contribution < 1.29 is 19.1 Å². The summed E-state index contributed by atoms with van der Waals surface area (Å²) in [5.74, 6) is 0.0334. The number of benzene rings is 1. The molecule has 2 aromatic rings. The van der Waals surface area contributed by atoms with Crippen LogP contribution in [-0.4, -0.2) is 47.3 Å². The zero-order chi connectivity index (χ0) is 20.6. The number of nitrogens with one attached hydrogen (secondary N) is 1. The van der Waals surface area contributed by atoms with Gasteiger partial charge in [0.2, 0.25) is 5.91 Å². The van der Waals surface area contributed by atoms with Crippen LogP contribution in [0, 0.1) is 0 Å². The number of nitrogens with zero attached hydrogens (tertiary/aromatic N) is 2. The van der Waals surface area contributed by atoms with Crippen molar-refractivity contribution in [3.63, 3.8) is 0 Å². The first kappa shape index (κ1) is 19.4. The Morgan fingerprint density at radius 2 is 2.00 bits per heavy atom. The number of hydrogen-bond acceptors (Lipinski definition) is 5. The number of thiophene rings is 1. The Kier molecular flexibility index (Phi) is 5.04. The molecule has 0 spiro atoms. The van der Waals surface area contributed by atoms with Crippen molar-refractivity contribution in [1.82, 2.24) is 15.1 Å². The van der Waals surface area contributed by atoms with E-state index in [-0.39, 0.29) is 18.5 Å². The maximum Gasteiger partial charge on any atom is 0.325 e. The van der Waals surface area contributed by atoms with Crippen molar-refractivity contribution in [3.05, 3.63) is 52.2 Å². The quantitative estimate of drug-likeness (QED) is 0.708. The maximum atomic E-state index is 13.1. The molecule has 0 radical (unpaired) electrons. The van der Waals surface area contributed by atoms with Crippen LogP contribution in [0.3, 0.4) is 0 Å². The Labute approximate surface area is 173 Å². The van der Waals surface area contributed by atoms with E-state index in [9.17, 15) is 14.4 Å². The highest BCUT2D eigenvalue weighted by atomic mass is 32.1. The van der Waals surface area contributed by atoms with Gasteiger partial charge in [-0.1, -0.05) is 18.2 Å². The Bertz CT molecular complexity index is 924.